The predicted octanol–water partition coefficient (Wildman–Crippen LogP) is 5.35. The van der Waals surface area contributed by atoms with E-state index in [9.17, 15) is 4.79 Å². The van der Waals surface area contributed by atoms with Crippen molar-refractivity contribution in [3.63, 3.8) is 0 Å². The highest BCUT2D eigenvalue weighted by molar-refractivity contribution is 7.20. The van der Waals surface area contributed by atoms with Crippen LogP contribution in [0.1, 0.15) is 20.9 Å². The van der Waals surface area contributed by atoms with Crippen molar-refractivity contribution in [1.29, 1.82) is 0 Å². The van der Waals surface area contributed by atoms with Crippen molar-refractivity contribution < 1.29 is 4.79 Å². The fraction of sp³-hybridized carbons (Fsp3) is 0.0667. The zero-order chi connectivity index (χ0) is 15.0. The minimum atomic E-state index is -1.49. The summed E-state index contributed by atoms with van der Waals surface area (Å²) in [7, 11) is 0. The van der Waals surface area contributed by atoms with Crippen LogP contribution in [0.4, 0.5) is 0 Å². The number of benzene rings is 2. The summed E-state index contributed by atoms with van der Waals surface area (Å²) in [5.41, 5.74) is 1.86. The van der Waals surface area contributed by atoms with Gasteiger partial charge in [-0.25, -0.2) is 4.98 Å². The van der Waals surface area contributed by atoms with E-state index in [-0.39, 0.29) is 5.78 Å². The van der Waals surface area contributed by atoms with Crippen molar-refractivity contribution >= 4 is 62.1 Å². The maximum absolute atomic E-state index is 12.4. The lowest BCUT2D eigenvalue weighted by atomic mass is 10.1. The first-order valence-corrected chi connectivity index (χ1v) is 7.98. The van der Waals surface area contributed by atoms with Gasteiger partial charge in [-0.05, 0) is 12.1 Å². The van der Waals surface area contributed by atoms with E-state index in [1.165, 1.54) is 11.3 Å². The normalized spacial score (nSPS) is 11.8. The number of hydrogen-bond donors (Lipinski definition) is 0. The number of nitrogens with zero attached hydrogens (tertiary/aromatic N) is 1. The highest BCUT2D eigenvalue weighted by Crippen LogP contribution is 2.38. The van der Waals surface area contributed by atoms with Gasteiger partial charge in [0, 0.05) is 11.1 Å². The Kier molecular flexibility index (Phi) is 3.93. The van der Waals surface area contributed by atoms with Gasteiger partial charge in [-0.2, -0.15) is 0 Å². The predicted molar refractivity (Wildman–Crippen MR) is 88.7 cm³/mol. The van der Waals surface area contributed by atoms with Crippen LogP contribution in [-0.4, -0.2) is 10.8 Å². The average Bonchev–Trinajstić information content (AvgIpc) is 2.89. The van der Waals surface area contributed by atoms with Gasteiger partial charge in [0.1, 0.15) is 0 Å². The van der Waals surface area contributed by atoms with Crippen LogP contribution < -0.4 is 0 Å². The number of para-hydroxylation sites is 1. The van der Waals surface area contributed by atoms with Crippen LogP contribution in [0.15, 0.2) is 48.5 Å². The molecule has 1 heterocycles. The summed E-state index contributed by atoms with van der Waals surface area (Å²) < 4.78 is -0.504. The molecule has 0 N–H and O–H groups in total. The third-order valence-corrected chi connectivity index (χ3v) is 4.65. The monoisotopic (exact) mass is 355 g/mol. The Morgan fingerprint density at radius 3 is 2.29 bits per heavy atom. The van der Waals surface area contributed by atoms with Gasteiger partial charge in [0.25, 0.3) is 0 Å². The van der Waals surface area contributed by atoms with Gasteiger partial charge in [-0.15, -0.1) is 11.3 Å². The summed E-state index contributed by atoms with van der Waals surface area (Å²) in [4.78, 5) is 16.8. The summed E-state index contributed by atoms with van der Waals surface area (Å²) >= 11 is 18.8. The third kappa shape index (κ3) is 3.06. The molecule has 6 heteroatoms. The van der Waals surface area contributed by atoms with Crippen molar-refractivity contribution in [2.45, 2.75) is 3.79 Å². The molecule has 0 aliphatic heterocycles. The summed E-state index contributed by atoms with van der Waals surface area (Å²) in [5, 5.41) is 0.456. The van der Waals surface area contributed by atoms with E-state index in [1.54, 1.807) is 24.3 Å². The zero-order valence-corrected chi connectivity index (χ0v) is 13.6. The SMILES string of the molecule is O=C(c1ccc(C(Cl)(Cl)Cl)cc1)c1nc2ccccc2s1. The highest BCUT2D eigenvalue weighted by atomic mass is 35.6. The number of fused-ring (bicyclic) bond motifs is 1. The second-order valence-electron chi connectivity index (χ2n) is 4.39. The number of rotatable bonds is 2. The number of ketones is 1. The molecule has 0 bridgehead atoms. The molecule has 0 fully saturated rings. The Bertz CT molecular complexity index is 773. The average molecular weight is 357 g/mol. The molecule has 21 heavy (non-hydrogen) atoms. The van der Waals surface area contributed by atoms with E-state index in [2.05, 4.69) is 4.98 Å². The Hall–Kier alpha value is -1.13. The topological polar surface area (TPSA) is 30.0 Å². The maximum atomic E-state index is 12.4. The molecule has 2 aromatic carbocycles. The molecular formula is C15H8Cl3NOS. The van der Waals surface area contributed by atoms with Gasteiger partial charge in [-0.3, -0.25) is 4.79 Å². The summed E-state index contributed by atoms with van der Waals surface area (Å²) in [6, 6.07) is 14.2. The summed E-state index contributed by atoms with van der Waals surface area (Å²) in [5.74, 6) is -0.132. The van der Waals surface area contributed by atoms with Gasteiger partial charge < -0.3 is 0 Å². The largest absolute Gasteiger partial charge is 0.286 e. The number of alkyl halides is 3. The standard InChI is InChI=1S/C15H8Cl3NOS/c16-15(17,18)10-7-5-9(6-8-10)13(20)14-19-11-3-1-2-4-12(11)21-14/h1-8H. The quantitative estimate of drug-likeness (QED) is 0.457. The van der Waals surface area contributed by atoms with Gasteiger partial charge in [0.15, 0.2) is 5.01 Å². The van der Waals surface area contributed by atoms with Gasteiger partial charge >= 0.3 is 0 Å². The molecule has 0 saturated heterocycles. The van der Waals surface area contributed by atoms with Crippen LogP contribution in [0.3, 0.4) is 0 Å². The molecule has 0 aliphatic carbocycles. The van der Waals surface area contributed by atoms with Crippen molar-refractivity contribution in [3.8, 4) is 0 Å². The molecule has 0 aliphatic rings. The molecule has 1 aromatic heterocycles. The first-order chi connectivity index (χ1) is 9.95. The van der Waals surface area contributed by atoms with E-state index in [0.717, 1.165) is 10.2 Å². The lowest BCUT2D eigenvalue weighted by Gasteiger charge is -2.10. The first-order valence-electron chi connectivity index (χ1n) is 6.03. The second-order valence-corrected chi connectivity index (χ2v) is 7.70. The van der Waals surface area contributed by atoms with Crippen molar-refractivity contribution in [2.75, 3.05) is 0 Å². The Morgan fingerprint density at radius 2 is 1.67 bits per heavy atom. The lowest BCUT2D eigenvalue weighted by Crippen LogP contribution is -2.03. The Morgan fingerprint density at radius 1 is 1.00 bits per heavy atom. The molecule has 0 saturated carbocycles. The zero-order valence-electron chi connectivity index (χ0n) is 10.5. The van der Waals surface area contributed by atoms with E-state index in [1.807, 2.05) is 24.3 Å². The smallest absolute Gasteiger partial charge is 0.221 e. The minimum Gasteiger partial charge on any atom is -0.286 e. The fourth-order valence-electron chi connectivity index (χ4n) is 1.90. The molecular weight excluding hydrogens is 349 g/mol. The number of carbonyl (C=O) groups is 1. The van der Waals surface area contributed by atoms with Crippen LogP contribution in [0.5, 0.6) is 0 Å². The summed E-state index contributed by atoms with van der Waals surface area (Å²) in [6.07, 6.45) is 0. The molecule has 0 unspecified atom stereocenters. The van der Waals surface area contributed by atoms with Crippen LogP contribution >= 0.6 is 46.1 Å². The second kappa shape index (κ2) is 5.58. The molecule has 106 valence electrons. The minimum absolute atomic E-state index is 0.132. The summed E-state index contributed by atoms with van der Waals surface area (Å²) in [6.45, 7) is 0. The van der Waals surface area contributed by atoms with E-state index in [0.29, 0.717) is 16.1 Å². The van der Waals surface area contributed by atoms with E-state index in [4.69, 9.17) is 34.8 Å². The lowest BCUT2D eigenvalue weighted by molar-refractivity contribution is 0.103. The molecule has 3 rings (SSSR count). The Balaban J connectivity index is 1.94. The Labute approximate surface area is 140 Å². The van der Waals surface area contributed by atoms with Crippen molar-refractivity contribution in [2.24, 2.45) is 0 Å². The van der Waals surface area contributed by atoms with E-state index >= 15 is 0 Å². The molecule has 3 aromatic rings. The van der Waals surface area contributed by atoms with Gasteiger partial charge in [0.2, 0.25) is 9.58 Å². The molecule has 0 amide bonds. The third-order valence-electron chi connectivity index (χ3n) is 2.96. The number of aromatic nitrogens is 1. The maximum Gasteiger partial charge on any atom is 0.221 e. The highest BCUT2D eigenvalue weighted by Gasteiger charge is 2.23. The van der Waals surface area contributed by atoms with Gasteiger partial charge in [-0.1, -0.05) is 71.2 Å². The first kappa shape index (κ1) is 14.8. The van der Waals surface area contributed by atoms with Gasteiger partial charge in [0.05, 0.1) is 10.2 Å². The van der Waals surface area contributed by atoms with Crippen molar-refractivity contribution in [3.05, 3.63) is 64.7 Å². The van der Waals surface area contributed by atoms with Crippen molar-refractivity contribution in [1.82, 2.24) is 4.98 Å². The number of carbonyl (C=O) groups excluding carboxylic acids is 1. The van der Waals surface area contributed by atoms with Crippen LogP contribution in [0.25, 0.3) is 10.2 Å². The number of thiazole rings is 1. The van der Waals surface area contributed by atoms with Crippen LogP contribution in [0.2, 0.25) is 0 Å². The number of halogens is 3. The molecule has 2 nitrogen and oxygen atoms in total. The van der Waals surface area contributed by atoms with Crippen LogP contribution in [0, 0.1) is 0 Å². The fourth-order valence-corrected chi connectivity index (χ4v) is 3.21. The number of hydrogen-bond acceptors (Lipinski definition) is 3. The molecule has 0 radical (unpaired) electrons. The van der Waals surface area contributed by atoms with E-state index < -0.39 is 3.79 Å². The van der Waals surface area contributed by atoms with Crippen LogP contribution in [-0.2, 0) is 3.79 Å². The molecule has 0 atom stereocenters. The molecule has 0 spiro atoms.